The van der Waals surface area contributed by atoms with Crippen molar-refractivity contribution in [2.45, 2.75) is 18.9 Å². The van der Waals surface area contributed by atoms with E-state index in [4.69, 9.17) is 16.3 Å². The normalized spacial score (nSPS) is 19.2. The summed E-state index contributed by atoms with van der Waals surface area (Å²) in [6.07, 6.45) is 2.32. The molecule has 2 rings (SSSR count). The van der Waals surface area contributed by atoms with E-state index in [1.165, 1.54) is 17.5 Å². The molecule has 3 heteroatoms. The van der Waals surface area contributed by atoms with Crippen molar-refractivity contribution in [2.24, 2.45) is 0 Å². The minimum atomic E-state index is 0.453. The number of fused-ring (bicyclic) bond motifs is 1. The summed E-state index contributed by atoms with van der Waals surface area (Å²) in [6.45, 7) is 1.65. The van der Waals surface area contributed by atoms with Crippen LogP contribution in [0.4, 0.5) is 0 Å². The summed E-state index contributed by atoms with van der Waals surface area (Å²) < 4.78 is 5.02. The van der Waals surface area contributed by atoms with E-state index in [1.807, 2.05) is 6.07 Å². The molecule has 1 aliphatic carbocycles. The molecule has 0 bridgehead atoms. The molecule has 0 spiro atoms. The quantitative estimate of drug-likeness (QED) is 0.796. The fourth-order valence-electron chi connectivity index (χ4n) is 2.12. The van der Waals surface area contributed by atoms with Crippen molar-refractivity contribution < 1.29 is 4.74 Å². The van der Waals surface area contributed by atoms with E-state index in [9.17, 15) is 0 Å². The van der Waals surface area contributed by atoms with Crippen molar-refractivity contribution in [1.29, 1.82) is 0 Å². The molecular formula is C12H16ClNO. The smallest absolute Gasteiger partial charge is 0.0587 e. The molecule has 2 nitrogen and oxygen atoms in total. The number of hydrogen-bond acceptors (Lipinski definition) is 2. The summed E-state index contributed by atoms with van der Waals surface area (Å²) in [6, 6.07) is 6.64. The highest BCUT2D eigenvalue weighted by Gasteiger charge is 2.21. The molecule has 1 unspecified atom stereocenters. The summed E-state index contributed by atoms with van der Waals surface area (Å²) in [4.78, 5) is 0. The summed E-state index contributed by atoms with van der Waals surface area (Å²) in [5, 5.41) is 4.31. The lowest BCUT2D eigenvalue weighted by molar-refractivity contribution is 0.195. The van der Waals surface area contributed by atoms with E-state index in [2.05, 4.69) is 17.4 Å². The molecule has 1 aliphatic rings. The zero-order valence-corrected chi connectivity index (χ0v) is 9.68. The first kappa shape index (κ1) is 10.9. The van der Waals surface area contributed by atoms with Gasteiger partial charge in [-0.15, -0.1) is 0 Å². The van der Waals surface area contributed by atoms with Crippen LogP contribution in [0.25, 0.3) is 0 Å². The van der Waals surface area contributed by atoms with E-state index < -0.39 is 0 Å². The molecule has 0 heterocycles. The van der Waals surface area contributed by atoms with Crippen LogP contribution < -0.4 is 5.32 Å². The number of halogens is 1. The fourth-order valence-corrected chi connectivity index (χ4v) is 2.30. The Hall–Kier alpha value is -0.570. The van der Waals surface area contributed by atoms with Gasteiger partial charge in [0.15, 0.2) is 0 Å². The molecule has 82 valence electrons. The molecule has 0 radical (unpaired) electrons. The highest BCUT2D eigenvalue weighted by Crippen LogP contribution is 2.32. The third-order valence-corrected chi connectivity index (χ3v) is 3.12. The first-order valence-electron chi connectivity index (χ1n) is 5.32. The maximum absolute atomic E-state index is 6.00. The topological polar surface area (TPSA) is 21.3 Å². The number of aryl methyl sites for hydroxylation is 1. The van der Waals surface area contributed by atoms with Crippen molar-refractivity contribution in [3.8, 4) is 0 Å². The highest BCUT2D eigenvalue weighted by molar-refractivity contribution is 6.30. The number of benzene rings is 1. The van der Waals surface area contributed by atoms with Crippen LogP contribution in [-0.2, 0) is 11.2 Å². The summed E-state index contributed by atoms with van der Waals surface area (Å²) >= 11 is 6.00. The lowest BCUT2D eigenvalue weighted by Crippen LogP contribution is -2.23. The van der Waals surface area contributed by atoms with Crippen molar-refractivity contribution >= 4 is 11.6 Å². The van der Waals surface area contributed by atoms with Crippen molar-refractivity contribution in [2.75, 3.05) is 20.3 Å². The molecule has 0 aliphatic heterocycles. The van der Waals surface area contributed by atoms with Crippen LogP contribution in [0.3, 0.4) is 0 Å². The molecule has 0 amide bonds. The zero-order valence-electron chi connectivity index (χ0n) is 8.92. The highest BCUT2D eigenvalue weighted by atomic mass is 35.5. The number of nitrogens with one attached hydrogen (secondary N) is 1. The summed E-state index contributed by atoms with van der Waals surface area (Å²) in [5.74, 6) is 0. The average molecular weight is 226 g/mol. The predicted octanol–water partition coefficient (Wildman–Crippen LogP) is 2.56. The molecule has 1 aromatic rings. The van der Waals surface area contributed by atoms with E-state index in [0.29, 0.717) is 6.04 Å². The van der Waals surface area contributed by atoms with E-state index in [0.717, 1.165) is 24.6 Å². The first-order valence-corrected chi connectivity index (χ1v) is 5.69. The van der Waals surface area contributed by atoms with Crippen LogP contribution in [0.5, 0.6) is 0 Å². The number of ether oxygens (including phenoxy) is 1. The SMILES string of the molecule is COCCNC1CCc2ccc(Cl)cc21. The van der Waals surface area contributed by atoms with Gasteiger partial charge in [-0.2, -0.15) is 0 Å². The first-order chi connectivity index (χ1) is 7.31. The van der Waals surface area contributed by atoms with Gasteiger partial charge >= 0.3 is 0 Å². The third kappa shape index (κ3) is 2.51. The monoisotopic (exact) mass is 225 g/mol. The van der Waals surface area contributed by atoms with Gasteiger partial charge in [-0.1, -0.05) is 17.7 Å². The minimum Gasteiger partial charge on any atom is -0.383 e. The second-order valence-corrected chi connectivity index (χ2v) is 4.32. The van der Waals surface area contributed by atoms with Crippen molar-refractivity contribution in [3.63, 3.8) is 0 Å². The molecule has 0 saturated heterocycles. The van der Waals surface area contributed by atoms with E-state index in [1.54, 1.807) is 7.11 Å². The van der Waals surface area contributed by atoms with Crippen LogP contribution in [0.1, 0.15) is 23.6 Å². The number of hydrogen-bond donors (Lipinski definition) is 1. The van der Waals surface area contributed by atoms with Crippen LogP contribution in [-0.4, -0.2) is 20.3 Å². The third-order valence-electron chi connectivity index (χ3n) is 2.88. The average Bonchev–Trinajstić information content (AvgIpc) is 2.62. The Kier molecular flexibility index (Phi) is 3.62. The van der Waals surface area contributed by atoms with Crippen LogP contribution in [0, 0.1) is 0 Å². The molecular weight excluding hydrogens is 210 g/mol. The fraction of sp³-hybridized carbons (Fsp3) is 0.500. The van der Waals surface area contributed by atoms with E-state index in [-0.39, 0.29) is 0 Å². The van der Waals surface area contributed by atoms with Crippen molar-refractivity contribution in [3.05, 3.63) is 34.3 Å². The predicted molar refractivity (Wildman–Crippen MR) is 62.4 cm³/mol. The van der Waals surface area contributed by atoms with Gasteiger partial charge in [0, 0.05) is 24.7 Å². The van der Waals surface area contributed by atoms with Crippen LogP contribution in [0.2, 0.25) is 5.02 Å². The summed E-state index contributed by atoms with van der Waals surface area (Å²) in [5.41, 5.74) is 2.79. The van der Waals surface area contributed by atoms with Gasteiger partial charge in [0.25, 0.3) is 0 Å². The van der Waals surface area contributed by atoms with Gasteiger partial charge in [0.05, 0.1) is 6.61 Å². The van der Waals surface area contributed by atoms with Crippen molar-refractivity contribution in [1.82, 2.24) is 5.32 Å². The molecule has 1 N–H and O–H groups in total. The molecule has 1 aromatic carbocycles. The Morgan fingerprint density at radius 3 is 3.20 bits per heavy atom. The molecule has 0 saturated carbocycles. The zero-order chi connectivity index (χ0) is 10.7. The maximum Gasteiger partial charge on any atom is 0.0587 e. The second-order valence-electron chi connectivity index (χ2n) is 3.88. The Morgan fingerprint density at radius 1 is 1.53 bits per heavy atom. The second kappa shape index (κ2) is 4.97. The van der Waals surface area contributed by atoms with Gasteiger partial charge < -0.3 is 10.1 Å². The largest absolute Gasteiger partial charge is 0.383 e. The Labute approximate surface area is 95.6 Å². The lowest BCUT2D eigenvalue weighted by Gasteiger charge is -2.13. The minimum absolute atomic E-state index is 0.453. The molecule has 1 atom stereocenters. The Morgan fingerprint density at radius 2 is 2.40 bits per heavy atom. The standard InChI is InChI=1S/C12H16ClNO/c1-15-7-6-14-12-5-3-9-2-4-10(13)8-11(9)12/h2,4,8,12,14H,3,5-7H2,1H3. The van der Waals surface area contributed by atoms with E-state index >= 15 is 0 Å². The van der Waals surface area contributed by atoms with Crippen LogP contribution >= 0.6 is 11.6 Å². The van der Waals surface area contributed by atoms with Gasteiger partial charge in [-0.05, 0) is 36.1 Å². The van der Waals surface area contributed by atoms with Gasteiger partial charge in [-0.3, -0.25) is 0 Å². The molecule has 0 fully saturated rings. The Balaban J connectivity index is 2.03. The maximum atomic E-state index is 6.00. The number of methoxy groups -OCH3 is 1. The number of rotatable bonds is 4. The lowest BCUT2D eigenvalue weighted by atomic mass is 10.1. The Bertz CT molecular complexity index is 340. The van der Waals surface area contributed by atoms with Gasteiger partial charge in [-0.25, -0.2) is 0 Å². The van der Waals surface area contributed by atoms with Gasteiger partial charge in [0.1, 0.15) is 0 Å². The molecule has 15 heavy (non-hydrogen) atoms. The molecule has 0 aromatic heterocycles. The van der Waals surface area contributed by atoms with Gasteiger partial charge in [0.2, 0.25) is 0 Å². The van der Waals surface area contributed by atoms with Crippen LogP contribution in [0.15, 0.2) is 18.2 Å². The summed E-state index contributed by atoms with van der Waals surface area (Å²) in [7, 11) is 1.72.